The maximum atomic E-state index is 12.0. The minimum Gasteiger partial charge on any atom is -0.491 e. The number of primary amides is 1. The number of aryl methyl sites for hydroxylation is 1. The topological polar surface area (TPSA) is 109 Å². The van der Waals surface area contributed by atoms with Crippen molar-refractivity contribution in [1.82, 2.24) is 14.5 Å². The zero-order valence-electron chi connectivity index (χ0n) is 17.7. The Kier molecular flexibility index (Phi) is 4.57. The van der Waals surface area contributed by atoms with Crippen LogP contribution in [-0.4, -0.2) is 27.0 Å². The normalized spacial score (nSPS) is 17.1. The van der Waals surface area contributed by atoms with Crippen LogP contribution in [0.3, 0.4) is 0 Å². The number of nitrogen functional groups attached to an aromatic ring is 1. The van der Waals surface area contributed by atoms with Crippen molar-refractivity contribution in [2.45, 2.75) is 38.6 Å². The van der Waals surface area contributed by atoms with Crippen LogP contribution in [0.1, 0.15) is 31.2 Å². The standard InChI is InChI=1S/C24H25N5O2S/c25-22(30)16(14-3-4-14)9-13-10-18-21-19(11-13)31-8-2-1-7-29(21)23(27-18)15-5-6-17-20(12-15)32-24(26)28-17/h5-6,10-12,14,16H,1-4,7-9H2,(H2,25,30)(H2,26,28)/t16-/m0/s1. The van der Waals surface area contributed by atoms with Gasteiger partial charge in [-0.2, -0.15) is 0 Å². The Morgan fingerprint density at radius 1 is 1.19 bits per heavy atom. The van der Waals surface area contributed by atoms with Gasteiger partial charge in [-0.3, -0.25) is 4.79 Å². The summed E-state index contributed by atoms with van der Waals surface area (Å²) in [5, 5.41) is 0.569. The number of imidazole rings is 1. The lowest BCUT2D eigenvalue weighted by molar-refractivity contribution is -0.122. The number of nitrogens with two attached hydrogens (primary N) is 2. The first kappa shape index (κ1) is 19.5. The molecule has 164 valence electrons. The molecule has 2 aromatic carbocycles. The molecule has 0 saturated heterocycles. The summed E-state index contributed by atoms with van der Waals surface area (Å²) in [5.74, 6) is 1.86. The van der Waals surface area contributed by atoms with E-state index in [0.29, 0.717) is 24.1 Å². The zero-order valence-corrected chi connectivity index (χ0v) is 18.5. The van der Waals surface area contributed by atoms with E-state index in [1.165, 1.54) is 11.3 Å². The molecular weight excluding hydrogens is 422 g/mol. The van der Waals surface area contributed by atoms with Gasteiger partial charge in [-0.1, -0.05) is 11.3 Å². The van der Waals surface area contributed by atoms with E-state index in [1.54, 1.807) is 0 Å². The molecule has 4 N–H and O–H groups in total. The van der Waals surface area contributed by atoms with E-state index in [4.69, 9.17) is 21.2 Å². The van der Waals surface area contributed by atoms with Crippen molar-refractivity contribution in [2.75, 3.05) is 12.3 Å². The molecule has 1 aliphatic carbocycles. The van der Waals surface area contributed by atoms with Gasteiger partial charge in [0, 0.05) is 18.0 Å². The largest absolute Gasteiger partial charge is 0.491 e. The number of aromatic nitrogens is 3. The molecular formula is C24H25N5O2S. The average molecular weight is 448 g/mol. The SMILES string of the molecule is NC(=O)[C@@H](Cc1cc2c3c(c1)nc(-c1ccc4nc(N)sc4c1)n3CCCCO2)C1CC1. The van der Waals surface area contributed by atoms with Crippen LogP contribution in [0.2, 0.25) is 0 Å². The van der Waals surface area contributed by atoms with Crippen LogP contribution in [0.5, 0.6) is 5.75 Å². The highest BCUT2D eigenvalue weighted by atomic mass is 32.1. The lowest BCUT2D eigenvalue weighted by atomic mass is 9.93. The second kappa shape index (κ2) is 7.48. The molecule has 2 aliphatic rings. The number of rotatable bonds is 5. The zero-order chi connectivity index (χ0) is 21.8. The van der Waals surface area contributed by atoms with Gasteiger partial charge in [0.05, 0.1) is 22.3 Å². The number of benzene rings is 2. The summed E-state index contributed by atoms with van der Waals surface area (Å²) < 4.78 is 9.50. The number of anilines is 1. The third kappa shape index (κ3) is 3.39. The van der Waals surface area contributed by atoms with Gasteiger partial charge in [0.1, 0.15) is 17.1 Å². The summed E-state index contributed by atoms with van der Waals surface area (Å²) in [4.78, 5) is 21.4. The Morgan fingerprint density at radius 2 is 2.06 bits per heavy atom. The summed E-state index contributed by atoms with van der Waals surface area (Å²) >= 11 is 1.49. The first-order chi connectivity index (χ1) is 15.6. The van der Waals surface area contributed by atoms with Crippen LogP contribution in [0, 0.1) is 11.8 Å². The van der Waals surface area contributed by atoms with Crippen molar-refractivity contribution in [2.24, 2.45) is 17.6 Å². The highest BCUT2D eigenvalue weighted by molar-refractivity contribution is 7.22. The maximum Gasteiger partial charge on any atom is 0.221 e. The molecule has 4 aromatic rings. The van der Waals surface area contributed by atoms with Gasteiger partial charge in [-0.15, -0.1) is 0 Å². The van der Waals surface area contributed by atoms with Crippen molar-refractivity contribution in [3.63, 3.8) is 0 Å². The van der Waals surface area contributed by atoms with Crippen molar-refractivity contribution < 1.29 is 9.53 Å². The van der Waals surface area contributed by atoms with Crippen molar-refractivity contribution >= 4 is 43.6 Å². The second-order valence-corrected chi connectivity index (χ2v) is 9.95. The van der Waals surface area contributed by atoms with Crippen LogP contribution >= 0.6 is 11.3 Å². The van der Waals surface area contributed by atoms with Gasteiger partial charge >= 0.3 is 0 Å². The summed E-state index contributed by atoms with van der Waals surface area (Å²) in [7, 11) is 0. The number of fused-ring (bicyclic) bond motifs is 1. The van der Waals surface area contributed by atoms with Crippen molar-refractivity contribution in [3.05, 3.63) is 35.9 Å². The van der Waals surface area contributed by atoms with Gasteiger partial charge in [0.2, 0.25) is 5.91 Å². The van der Waals surface area contributed by atoms with Crippen LogP contribution in [0.25, 0.3) is 32.6 Å². The molecule has 32 heavy (non-hydrogen) atoms. The highest BCUT2D eigenvalue weighted by Crippen LogP contribution is 2.40. The number of carbonyl (C=O) groups excluding carboxylic acids is 1. The molecule has 0 unspecified atom stereocenters. The van der Waals surface area contributed by atoms with E-state index >= 15 is 0 Å². The molecule has 2 aromatic heterocycles. The Hall–Kier alpha value is -3.13. The predicted molar refractivity (Wildman–Crippen MR) is 127 cm³/mol. The van der Waals surface area contributed by atoms with Gasteiger partial charge < -0.3 is 20.8 Å². The molecule has 1 atom stereocenters. The molecule has 0 bridgehead atoms. The highest BCUT2D eigenvalue weighted by Gasteiger charge is 2.35. The van der Waals surface area contributed by atoms with Crippen LogP contribution in [-0.2, 0) is 17.8 Å². The Labute approximate surface area is 189 Å². The molecule has 1 amide bonds. The average Bonchev–Trinajstić information content (AvgIpc) is 3.41. The summed E-state index contributed by atoms with van der Waals surface area (Å²) in [6.07, 6.45) is 4.83. The fourth-order valence-corrected chi connectivity index (χ4v) is 5.61. The lowest BCUT2D eigenvalue weighted by Crippen LogP contribution is -2.26. The van der Waals surface area contributed by atoms with Gasteiger partial charge in [0.15, 0.2) is 5.13 Å². The quantitative estimate of drug-likeness (QED) is 0.478. The van der Waals surface area contributed by atoms with E-state index in [-0.39, 0.29) is 11.8 Å². The number of ether oxygens (including phenoxy) is 1. The van der Waals surface area contributed by atoms with Crippen molar-refractivity contribution in [3.8, 4) is 17.1 Å². The van der Waals surface area contributed by atoms with E-state index in [1.807, 2.05) is 6.07 Å². The molecule has 1 saturated carbocycles. The van der Waals surface area contributed by atoms with Crippen LogP contribution < -0.4 is 16.2 Å². The van der Waals surface area contributed by atoms with Crippen LogP contribution in [0.15, 0.2) is 30.3 Å². The number of thiazole rings is 1. The monoisotopic (exact) mass is 447 g/mol. The first-order valence-electron chi connectivity index (χ1n) is 11.2. The molecule has 3 heterocycles. The minimum absolute atomic E-state index is 0.117. The van der Waals surface area contributed by atoms with E-state index in [9.17, 15) is 4.79 Å². The van der Waals surface area contributed by atoms with Crippen LogP contribution in [0.4, 0.5) is 5.13 Å². The Morgan fingerprint density at radius 3 is 2.88 bits per heavy atom. The fraction of sp³-hybridized carbons (Fsp3) is 0.375. The third-order valence-electron chi connectivity index (χ3n) is 6.58. The first-order valence-corrected chi connectivity index (χ1v) is 12.0. The van der Waals surface area contributed by atoms with Gasteiger partial charge in [-0.25, -0.2) is 9.97 Å². The number of carbonyl (C=O) groups is 1. The third-order valence-corrected chi connectivity index (χ3v) is 7.42. The molecule has 0 radical (unpaired) electrons. The number of nitrogens with zero attached hydrogens (tertiary/aromatic N) is 3. The Balaban J connectivity index is 1.49. The summed E-state index contributed by atoms with van der Waals surface area (Å²) in [6, 6.07) is 10.4. The van der Waals surface area contributed by atoms with Gasteiger partial charge in [-0.05, 0) is 73.9 Å². The maximum absolute atomic E-state index is 12.0. The molecule has 8 heteroatoms. The van der Waals surface area contributed by atoms with E-state index in [2.05, 4.69) is 33.8 Å². The lowest BCUT2D eigenvalue weighted by Gasteiger charge is -2.18. The summed E-state index contributed by atoms with van der Waals surface area (Å²) in [6.45, 7) is 1.57. The smallest absolute Gasteiger partial charge is 0.221 e. The number of hydrogen-bond donors (Lipinski definition) is 2. The molecule has 0 spiro atoms. The predicted octanol–water partition coefficient (Wildman–Crippen LogP) is 4.12. The van der Waals surface area contributed by atoms with Crippen molar-refractivity contribution in [1.29, 1.82) is 0 Å². The number of amides is 1. The summed E-state index contributed by atoms with van der Waals surface area (Å²) in [5.41, 5.74) is 16.5. The number of hydrogen-bond acceptors (Lipinski definition) is 6. The Bertz CT molecular complexity index is 1350. The molecule has 1 fully saturated rings. The molecule has 1 aliphatic heterocycles. The fourth-order valence-electron chi connectivity index (χ4n) is 4.84. The second-order valence-electron chi connectivity index (χ2n) is 8.89. The van der Waals surface area contributed by atoms with E-state index < -0.39 is 0 Å². The molecule has 7 nitrogen and oxygen atoms in total. The van der Waals surface area contributed by atoms with E-state index in [0.717, 1.165) is 76.2 Å². The minimum atomic E-state index is -0.209. The van der Waals surface area contributed by atoms with Gasteiger partial charge in [0.25, 0.3) is 0 Å². The molecule has 6 rings (SSSR count).